The summed E-state index contributed by atoms with van der Waals surface area (Å²) >= 11 is 6.05. The van der Waals surface area contributed by atoms with E-state index in [1.165, 1.54) is 10.8 Å². The highest BCUT2D eigenvalue weighted by molar-refractivity contribution is 6.18. The Morgan fingerprint density at radius 3 is 2.57 bits per heavy atom. The molecule has 21 heavy (non-hydrogen) atoms. The van der Waals surface area contributed by atoms with Gasteiger partial charge in [0.1, 0.15) is 5.82 Å². The van der Waals surface area contributed by atoms with Gasteiger partial charge in [0.25, 0.3) is 0 Å². The number of hydrogen-bond acceptors (Lipinski definition) is 3. The molecule has 2 atom stereocenters. The SMILES string of the molecule is CC1CN(c2ncc(CCl)c3ccccc23)CC1N(C)C. The van der Waals surface area contributed by atoms with Crippen LogP contribution in [0.25, 0.3) is 10.8 Å². The van der Waals surface area contributed by atoms with Gasteiger partial charge in [-0.05, 0) is 31.0 Å². The van der Waals surface area contributed by atoms with Crippen molar-refractivity contribution in [3.63, 3.8) is 0 Å². The lowest BCUT2D eigenvalue weighted by Gasteiger charge is -2.23. The van der Waals surface area contributed by atoms with Crippen LogP contribution < -0.4 is 4.90 Å². The minimum absolute atomic E-state index is 0.504. The van der Waals surface area contributed by atoms with E-state index in [0.717, 1.165) is 24.5 Å². The van der Waals surface area contributed by atoms with Gasteiger partial charge in [0.2, 0.25) is 0 Å². The van der Waals surface area contributed by atoms with Crippen molar-refractivity contribution in [3.05, 3.63) is 36.0 Å². The summed E-state index contributed by atoms with van der Waals surface area (Å²) in [6, 6.07) is 9.02. The Morgan fingerprint density at radius 1 is 1.24 bits per heavy atom. The van der Waals surface area contributed by atoms with Crippen LogP contribution in [0, 0.1) is 5.92 Å². The van der Waals surface area contributed by atoms with Crippen molar-refractivity contribution in [3.8, 4) is 0 Å². The summed E-state index contributed by atoms with van der Waals surface area (Å²) in [7, 11) is 4.32. The van der Waals surface area contributed by atoms with E-state index in [1.807, 2.05) is 6.20 Å². The molecule has 2 heterocycles. The van der Waals surface area contributed by atoms with Gasteiger partial charge in [-0.1, -0.05) is 31.2 Å². The molecule has 0 radical (unpaired) electrons. The summed E-state index contributed by atoms with van der Waals surface area (Å²) < 4.78 is 0. The van der Waals surface area contributed by atoms with Crippen LogP contribution in [0.15, 0.2) is 30.5 Å². The van der Waals surface area contributed by atoms with Crippen LogP contribution in [0.2, 0.25) is 0 Å². The lowest BCUT2D eigenvalue weighted by atomic mass is 10.1. The zero-order valence-electron chi connectivity index (χ0n) is 12.9. The fourth-order valence-corrected chi connectivity index (χ4v) is 3.60. The molecule has 1 aromatic heterocycles. The van der Waals surface area contributed by atoms with E-state index >= 15 is 0 Å². The van der Waals surface area contributed by atoms with Crippen LogP contribution >= 0.6 is 11.6 Å². The van der Waals surface area contributed by atoms with E-state index < -0.39 is 0 Å². The van der Waals surface area contributed by atoms with Gasteiger partial charge in [-0.25, -0.2) is 4.98 Å². The Bertz CT molecular complexity index is 641. The summed E-state index contributed by atoms with van der Waals surface area (Å²) in [5.74, 6) is 2.24. The van der Waals surface area contributed by atoms with E-state index in [-0.39, 0.29) is 0 Å². The minimum Gasteiger partial charge on any atom is -0.354 e. The Kier molecular flexibility index (Phi) is 4.05. The van der Waals surface area contributed by atoms with Crippen molar-refractivity contribution < 1.29 is 0 Å². The molecule has 1 saturated heterocycles. The van der Waals surface area contributed by atoms with Gasteiger partial charge >= 0.3 is 0 Å². The Labute approximate surface area is 131 Å². The summed E-state index contributed by atoms with van der Waals surface area (Å²) in [6.45, 7) is 4.41. The third-order valence-corrected chi connectivity index (χ3v) is 4.82. The zero-order valence-corrected chi connectivity index (χ0v) is 13.6. The van der Waals surface area contributed by atoms with Gasteiger partial charge < -0.3 is 9.80 Å². The molecule has 1 aromatic carbocycles. The number of rotatable bonds is 3. The van der Waals surface area contributed by atoms with Crippen molar-refractivity contribution in [2.24, 2.45) is 5.92 Å². The molecular weight excluding hydrogens is 282 g/mol. The second-order valence-corrected chi connectivity index (χ2v) is 6.47. The first-order chi connectivity index (χ1) is 10.1. The second kappa shape index (κ2) is 5.82. The summed E-state index contributed by atoms with van der Waals surface area (Å²) in [5.41, 5.74) is 1.10. The number of benzene rings is 1. The lowest BCUT2D eigenvalue weighted by Crippen LogP contribution is -2.34. The fraction of sp³-hybridized carbons (Fsp3) is 0.471. The van der Waals surface area contributed by atoms with Crippen molar-refractivity contribution in [2.45, 2.75) is 18.8 Å². The monoisotopic (exact) mass is 303 g/mol. The number of nitrogens with zero attached hydrogens (tertiary/aromatic N) is 3. The van der Waals surface area contributed by atoms with Crippen molar-refractivity contribution in [2.75, 3.05) is 32.1 Å². The molecule has 3 nitrogen and oxygen atoms in total. The van der Waals surface area contributed by atoms with Crippen LogP contribution in [-0.2, 0) is 5.88 Å². The van der Waals surface area contributed by atoms with E-state index in [2.05, 4.69) is 55.1 Å². The molecular formula is C17H22ClN3. The van der Waals surface area contributed by atoms with Gasteiger partial charge in [-0.3, -0.25) is 0 Å². The van der Waals surface area contributed by atoms with Crippen LogP contribution in [-0.4, -0.2) is 43.1 Å². The highest BCUT2D eigenvalue weighted by Crippen LogP contribution is 2.32. The van der Waals surface area contributed by atoms with Gasteiger partial charge in [0.15, 0.2) is 0 Å². The van der Waals surface area contributed by atoms with Crippen LogP contribution in [0.3, 0.4) is 0 Å². The van der Waals surface area contributed by atoms with E-state index in [1.54, 1.807) is 0 Å². The van der Waals surface area contributed by atoms with Gasteiger partial charge in [0.05, 0.1) is 0 Å². The van der Waals surface area contributed by atoms with Gasteiger partial charge in [-0.15, -0.1) is 11.6 Å². The molecule has 0 saturated carbocycles. The molecule has 1 aliphatic rings. The van der Waals surface area contributed by atoms with Gasteiger partial charge in [0, 0.05) is 36.6 Å². The highest BCUT2D eigenvalue weighted by Gasteiger charge is 2.32. The third kappa shape index (κ3) is 2.60. The molecule has 3 rings (SSSR count). The first-order valence-electron chi connectivity index (χ1n) is 7.45. The van der Waals surface area contributed by atoms with Crippen LogP contribution in [0.1, 0.15) is 12.5 Å². The maximum Gasteiger partial charge on any atom is 0.136 e. The van der Waals surface area contributed by atoms with E-state index in [0.29, 0.717) is 17.8 Å². The maximum atomic E-state index is 6.05. The molecule has 0 bridgehead atoms. The third-order valence-electron chi connectivity index (χ3n) is 4.54. The summed E-state index contributed by atoms with van der Waals surface area (Å²) in [5, 5.41) is 2.43. The number of alkyl halides is 1. The standard InChI is InChI=1S/C17H22ClN3/c1-12-10-21(11-16(12)20(2)3)17-15-7-5-4-6-14(15)13(8-18)9-19-17/h4-7,9,12,16H,8,10-11H2,1-3H3. The molecule has 112 valence electrons. The minimum atomic E-state index is 0.504. The molecule has 0 spiro atoms. The Morgan fingerprint density at radius 2 is 1.95 bits per heavy atom. The first-order valence-corrected chi connectivity index (χ1v) is 7.99. The topological polar surface area (TPSA) is 19.4 Å². The van der Waals surface area contributed by atoms with E-state index in [9.17, 15) is 0 Å². The molecule has 0 amide bonds. The van der Waals surface area contributed by atoms with Crippen molar-refractivity contribution in [1.82, 2.24) is 9.88 Å². The molecule has 2 unspecified atom stereocenters. The number of likely N-dealkylation sites (N-methyl/N-ethyl adjacent to an activating group) is 1. The normalized spacial score (nSPS) is 22.4. The number of aromatic nitrogens is 1. The quantitative estimate of drug-likeness (QED) is 0.811. The smallest absolute Gasteiger partial charge is 0.136 e. The highest BCUT2D eigenvalue weighted by atomic mass is 35.5. The number of anilines is 1. The summed E-state index contributed by atoms with van der Waals surface area (Å²) in [4.78, 5) is 9.44. The number of halogens is 1. The van der Waals surface area contributed by atoms with Crippen molar-refractivity contribution in [1.29, 1.82) is 0 Å². The molecule has 4 heteroatoms. The fourth-order valence-electron chi connectivity index (χ4n) is 3.39. The Hall–Kier alpha value is -1.32. The number of fused-ring (bicyclic) bond motifs is 1. The first kappa shape index (κ1) is 14.6. The molecule has 1 fully saturated rings. The average Bonchev–Trinajstić information content (AvgIpc) is 2.88. The van der Waals surface area contributed by atoms with Crippen LogP contribution in [0.4, 0.5) is 5.82 Å². The predicted molar refractivity (Wildman–Crippen MR) is 90.2 cm³/mol. The molecule has 2 aromatic rings. The van der Waals surface area contributed by atoms with Crippen molar-refractivity contribution >= 4 is 28.2 Å². The van der Waals surface area contributed by atoms with E-state index in [4.69, 9.17) is 16.6 Å². The average molecular weight is 304 g/mol. The molecule has 0 N–H and O–H groups in total. The zero-order chi connectivity index (χ0) is 15.0. The maximum absolute atomic E-state index is 6.05. The summed E-state index contributed by atoms with van der Waals surface area (Å²) in [6.07, 6.45) is 1.93. The van der Waals surface area contributed by atoms with Gasteiger partial charge in [-0.2, -0.15) is 0 Å². The Balaban J connectivity index is 2.02. The second-order valence-electron chi connectivity index (χ2n) is 6.20. The molecule has 1 aliphatic heterocycles. The predicted octanol–water partition coefficient (Wildman–Crippen LogP) is 3.36. The largest absolute Gasteiger partial charge is 0.354 e. The van der Waals surface area contributed by atoms with Crippen LogP contribution in [0.5, 0.6) is 0 Å². The molecule has 0 aliphatic carbocycles. The lowest BCUT2D eigenvalue weighted by molar-refractivity contribution is 0.266. The number of hydrogen-bond donors (Lipinski definition) is 0. The number of pyridine rings is 1.